The maximum Gasteiger partial charge on any atom is 0.0407 e. The summed E-state index contributed by atoms with van der Waals surface area (Å²) in [7, 11) is 0. The Bertz CT molecular complexity index is 323. The van der Waals surface area contributed by atoms with Crippen LogP contribution in [0.25, 0.3) is 0 Å². The van der Waals surface area contributed by atoms with E-state index in [1.807, 2.05) is 12.1 Å². The van der Waals surface area contributed by atoms with Crippen molar-refractivity contribution in [3.63, 3.8) is 0 Å². The van der Waals surface area contributed by atoms with E-state index in [-0.39, 0.29) is 0 Å². The number of nitrogens with zero attached hydrogens (tertiary/aromatic N) is 1. The second-order valence-electron chi connectivity index (χ2n) is 4.46. The van der Waals surface area contributed by atoms with Gasteiger partial charge in [0.25, 0.3) is 0 Å². The molecule has 0 saturated carbocycles. The predicted molar refractivity (Wildman–Crippen MR) is 70.4 cm³/mol. The van der Waals surface area contributed by atoms with Crippen LogP contribution in [-0.4, -0.2) is 25.7 Å². The maximum atomic E-state index is 5.90. The lowest BCUT2D eigenvalue weighted by atomic mass is 10.1. The highest BCUT2D eigenvalue weighted by Crippen LogP contribution is 2.19. The molecule has 1 fully saturated rings. The SMILES string of the molecule is CC1CCN(c2ccc(Cl)cc2)CCCN1. The van der Waals surface area contributed by atoms with Crippen LogP contribution >= 0.6 is 11.6 Å². The third kappa shape index (κ3) is 3.13. The van der Waals surface area contributed by atoms with Crippen LogP contribution in [0.2, 0.25) is 5.02 Å². The quantitative estimate of drug-likeness (QED) is 0.810. The van der Waals surface area contributed by atoms with Gasteiger partial charge in [-0.2, -0.15) is 0 Å². The first-order chi connectivity index (χ1) is 7.75. The van der Waals surface area contributed by atoms with E-state index in [9.17, 15) is 0 Å². The minimum atomic E-state index is 0.620. The van der Waals surface area contributed by atoms with Crippen LogP contribution in [0.15, 0.2) is 24.3 Å². The molecule has 0 radical (unpaired) electrons. The van der Waals surface area contributed by atoms with Crippen LogP contribution < -0.4 is 10.2 Å². The monoisotopic (exact) mass is 238 g/mol. The molecular formula is C13H19ClN2. The Balaban J connectivity index is 2.04. The number of benzene rings is 1. The van der Waals surface area contributed by atoms with Crippen LogP contribution in [0.5, 0.6) is 0 Å². The van der Waals surface area contributed by atoms with Crippen LogP contribution in [0.3, 0.4) is 0 Å². The van der Waals surface area contributed by atoms with Gasteiger partial charge in [0.15, 0.2) is 0 Å². The Morgan fingerprint density at radius 1 is 1.25 bits per heavy atom. The van der Waals surface area contributed by atoms with Gasteiger partial charge in [-0.3, -0.25) is 0 Å². The maximum absolute atomic E-state index is 5.90. The molecule has 1 aliphatic heterocycles. The lowest BCUT2D eigenvalue weighted by Gasteiger charge is -2.29. The summed E-state index contributed by atoms with van der Waals surface area (Å²) in [6, 6.07) is 8.79. The number of hydrogen-bond acceptors (Lipinski definition) is 2. The molecule has 1 aliphatic rings. The van der Waals surface area contributed by atoms with Crippen molar-refractivity contribution in [1.82, 2.24) is 5.32 Å². The lowest BCUT2D eigenvalue weighted by Crippen LogP contribution is -2.38. The molecule has 1 aromatic carbocycles. The first-order valence-electron chi connectivity index (χ1n) is 5.99. The first kappa shape index (κ1) is 11.7. The van der Waals surface area contributed by atoms with Gasteiger partial charge in [0, 0.05) is 29.8 Å². The van der Waals surface area contributed by atoms with E-state index in [1.165, 1.54) is 18.5 Å². The van der Waals surface area contributed by atoms with E-state index in [1.54, 1.807) is 0 Å². The number of rotatable bonds is 1. The van der Waals surface area contributed by atoms with Gasteiger partial charge in [0.05, 0.1) is 0 Å². The number of hydrogen-bond donors (Lipinski definition) is 1. The zero-order valence-corrected chi connectivity index (χ0v) is 10.5. The summed E-state index contributed by atoms with van der Waals surface area (Å²) in [6.45, 7) is 5.62. The summed E-state index contributed by atoms with van der Waals surface area (Å²) in [5.74, 6) is 0. The van der Waals surface area contributed by atoms with Gasteiger partial charge in [0.1, 0.15) is 0 Å². The van der Waals surface area contributed by atoms with Gasteiger partial charge in [0.2, 0.25) is 0 Å². The first-order valence-corrected chi connectivity index (χ1v) is 6.37. The normalized spacial score (nSPS) is 22.6. The van der Waals surface area contributed by atoms with Gasteiger partial charge in [-0.25, -0.2) is 0 Å². The second kappa shape index (κ2) is 5.55. The summed E-state index contributed by atoms with van der Waals surface area (Å²) < 4.78 is 0. The zero-order chi connectivity index (χ0) is 11.4. The Kier molecular flexibility index (Phi) is 4.08. The summed E-state index contributed by atoms with van der Waals surface area (Å²) >= 11 is 5.90. The fourth-order valence-corrected chi connectivity index (χ4v) is 2.22. The molecule has 1 unspecified atom stereocenters. The van der Waals surface area contributed by atoms with Crippen molar-refractivity contribution in [2.24, 2.45) is 0 Å². The number of anilines is 1. The van der Waals surface area contributed by atoms with E-state index in [4.69, 9.17) is 11.6 Å². The van der Waals surface area contributed by atoms with E-state index >= 15 is 0 Å². The fourth-order valence-electron chi connectivity index (χ4n) is 2.09. The average molecular weight is 239 g/mol. The van der Waals surface area contributed by atoms with Crippen molar-refractivity contribution in [1.29, 1.82) is 0 Å². The van der Waals surface area contributed by atoms with Gasteiger partial charge < -0.3 is 10.2 Å². The van der Waals surface area contributed by atoms with Crippen LogP contribution in [-0.2, 0) is 0 Å². The molecule has 16 heavy (non-hydrogen) atoms. The van der Waals surface area contributed by atoms with Crippen molar-refractivity contribution >= 4 is 17.3 Å². The third-order valence-corrected chi connectivity index (χ3v) is 3.37. The van der Waals surface area contributed by atoms with Crippen LogP contribution in [0.1, 0.15) is 19.8 Å². The molecule has 2 rings (SSSR count). The molecule has 1 aromatic rings. The van der Waals surface area contributed by atoms with E-state index in [0.29, 0.717) is 6.04 Å². The minimum absolute atomic E-state index is 0.620. The highest BCUT2D eigenvalue weighted by molar-refractivity contribution is 6.30. The van der Waals surface area contributed by atoms with Gasteiger partial charge in [-0.05, 0) is 50.6 Å². The third-order valence-electron chi connectivity index (χ3n) is 3.12. The molecule has 0 bridgehead atoms. The number of nitrogens with one attached hydrogen (secondary N) is 1. The Hall–Kier alpha value is -0.730. The van der Waals surface area contributed by atoms with Crippen molar-refractivity contribution in [3.05, 3.63) is 29.3 Å². The smallest absolute Gasteiger partial charge is 0.0407 e. The largest absolute Gasteiger partial charge is 0.371 e. The molecule has 88 valence electrons. The van der Waals surface area contributed by atoms with Gasteiger partial charge in [-0.1, -0.05) is 11.6 Å². The minimum Gasteiger partial charge on any atom is -0.371 e. The average Bonchev–Trinajstić information content (AvgIpc) is 2.26. The highest BCUT2D eigenvalue weighted by atomic mass is 35.5. The molecule has 1 heterocycles. The zero-order valence-electron chi connectivity index (χ0n) is 9.75. The van der Waals surface area contributed by atoms with Crippen LogP contribution in [0.4, 0.5) is 5.69 Å². The molecule has 0 amide bonds. The van der Waals surface area contributed by atoms with E-state index < -0.39 is 0 Å². The van der Waals surface area contributed by atoms with Crippen LogP contribution in [0, 0.1) is 0 Å². The lowest BCUT2D eigenvalue weighted by molar-refractivity contribution is 0.475. The molecule has 1 atom stereocenters. The van der Waals surface area contributed by atoms with Gasteiger partial charge >= 0.3 is 0 Å². The molecular weight excluding hydrogens is 220 g/mol. The second-order valence-corrected chi connectivity index (χ2v) is 4.90. The predicted octanol–water partition coefficient (Wildman–Crippen LogP) is 2.92. The molecule has 3 heteroatoms. The van der Waals surface area contributed by atoms with E-state index in [0.717, 1.165) is 24.7 Å². The molecule has 1 N–H and O–H groups in total. The summed E-state index contributed by atoms with van der Waals surface area (Å²) in [6.07, 6.45) is 2.40. The standard InChI is InChI=1S/C13H19ClN2/c1-11-7-10-16(9-2-8-15-11)13-5-3-12(14)4-6-13/h3-6,11,15H,2,7-10H2,1H3. The molecule has 0 aliphatic carbocycles. The Morgan fingerprint density at radius 3 is 2.75 bits per heavy atom. The number of halogens is 1. The summed E-state index contributed by atoms with van der Waals surface area (Å²) in [5, 5.41) is 4.33. The summed E-state index contributed by atoms with van der Waals surface area (Å²) in [4.78, 5) is 2.45. The fraction of sp³-hybridized carbons (Fsp3) is 0.538. The van der Waals surface area contributed by atoms with Crippen molar-refractivity contribution in [2.75, 3.05) is 24.5 Å². The topological polar surface area (TPSA) is 15.3 Å². The Labute approximate surface area is 103 Å². The van der Waals surface area contributed by atoms with E-state index in [2.05, 4.69) is 29.3 Å². The molecule has 1 saturated heterocycles. The van der Waals surface area contributed by atoms with Crippen molar-refractivity contribution < 1.29 is 0 Å². The molecule has 0 spiro atoms. The highest BCUT2D eigenvalue weighted by Gasteiger charge is 2.11. The van der Waals surface area contributed by atoms with Crippen molar-refractivity contribution in [3.8, 4) is 0 Å². The summed E-state index contributed by atoms with van der Waals surface area (Å²) in [5.41, 5.74) is 1.29. The molecule has 0 aromatic heterocycles. The van der Waals surface area contributed by atoms with Gasteiger partial charge in [-0.15, -0.1) is 0 Å². The Morgan fingerprint density at radius 2 is 2.00 bits per heavy atom. The molecule has 2 nitrogen and oxygen atoms in total. The van der Waals surface area contributed by atoms with Crippen molar-refractivity contribution in [2.45, 2.75) is 25.8 Å².